The lowest BCUT2D eigenvalue weighted by Crippen LogP contribution is -2.33. The first-order valence-electron chi connectivity index (χ1n) is 6.55. The van der Waals surface area contributed by atoms with Gasteiger partial charge in [-0.1, -0.05) is 11.6 Å². The van der Waals surface area contributed by atoms with Crippen molar-refractivity contribution in [3.8, 4) is 0 Å². The maximum Gasteiger partial charge on any atom is 0.331 e. The van der Waals surface area contributed by atoms with Gasteiger partial charge in [0.1, 0.15) is 6.54 Å². The predicted octanol–water partition coefficient (Wildman–Crippen LogP) is 1.81. The molecule has 1 aliphatic heterocycles. The van der Waals surface area contributed by atoms with Crippen LogP contribution in [-0.4, -0.2) is 38.1 Å². The molecule has 2 rings (SSSR count). The number of benzene rings is 1. The summed E-state index contributed by atoms with van der Waals surface area (Å²) in [6.07, 6.45) is 1.11. The van der Waals surface area contributed by atoms with Crippen LogP contribution in [0.2, 0.25) is 5.02 Å². The molecule has 0 radical (unpaired) electrons. The van der Waals surface area contributed by atoms with Crippen molar-refractivity contribution in [1.82, 2.24) is 0 Å². The van der Waals surface area contributed by atoms with Crippen molar-refractivity contribution in [3.63, 3.8) is 0 Å². The molecule has 0 aromatic heterocycles. The number of methoxy groups -OCH3 is 1. The van der Waals surface area contributed by atoms with Crippen molar-refractivity contribution in [1.29, 1.82) is 0 Å². The highest BCUT2D eigenvalue weighted by Crippen LogP contribution is 2.38. The third kappa shape index (κ3) is 3.12. The van der Waals surface area contributed by atoms with Crippen LogP contribution in [0.5, 0.6) is 0 Å². The van der Waals surface area contributed by atoms with Gasteiger partial charge in [0, 0.05) is 16.7 Å². The number of fused-ring (bicyclic) bond motifs is 1. The minimum atomic E-state index is -0.628. The summed E-state index contributed by atoms with van der Waals surface area (Å²) in [6.45, 7) is 1.62. The highest BCUT2D eigenvalue weighted by atomic mass is 35.5. The van der Waals surface area contributed by atoms with Crippen LogP contribution in [0.15, 0.2) is 24.3 Å². The lowest BCUT2D eigenvalue weighted by molar-refractivity contribution is -0.139. The summed E-state index contributed by atoms with van der Waals surface area (Å²) in [5.41, 5.74) is 1.12. The monoisotopic (exact) mass is 323 g/mol. The van der Waals surface area contributed by atoms with Gasteiger partial charge in [0.05, 0.1) is 25.0 Å². The molecule has 0 atom stereocenters. The summed E-state index contributed by atoms with van der Waals surface area (Å²) >= 11 is 5.95. The van der Waals surface area contributed by atoms with Gasteiger partial charge in [-0.05, 0) is 25.1 Å². The Bertz CT molecular complexity index is 668. The third-order valence-corrected chi connectivity index (χ3v) is 3.31. The highest BCUT2D eigenvalue weighted by Gasteiger charge is 2.34. The molecule has 0 unspecified atom stereocenters. The van der Waals surface area contributed by atoms with Gasteiger partial charge in [0.2, 0.25) is 0 Å². The maximum absolute atomic E-state index is 12.5. The Labute approximate surface area is 132 Å². The van der Waals surface area contributed by atoms with Gasteiger partial charge < -0.3 is 9.47 Å². The van der Waals surface area contributed by atoms with Crippen molar-refractivity contribution in [2.24, 2.45) is 0 Å². The SMILES string of the molecule is CCOC(=O)/C=C1/C(=O)N(CC(=O)OC)c2ccc(Cl)cc21. The van der Waals surface area contributed by atoms with E-state index in [1.807, 2.05) is 0 Å². The van der Waals surface area contributed by atoms with Gasteiger partial charge >= 0.3 is 11.9 Å². The van der Waals surface area contributed by atoms with E-state index in [9.17, 15) is 14.4 Å². The zero-order chi connectivity index (χ0) is 16.3. The summed E-state index contributed by atoms with van der Waals surface area (Å²) < 4.78 is 9.41. The van der Waals surface area contributed by atoms with Crippen molar-refractivity contribution in [2.75, 3.05) is 25.2 Å². The predicted molar refractivity (Wildman–Crippen MR) is 80.4 cm³/mol. The minimum Gasteiger partial charge on any atom is -0.468 e. The third-order valence-electron chi connectivity index (χ3n) is 3.08. The van der Waals surface area contributed by atoms with Crippen molar-refractivity contribution in [3.05, 3.63) is 34.9 Å². The van der Waals surface area contributed by atoms with Crippen molar-refractivity contribution in [2.45, 2.75) is 6.92 Å². The number of carbonyl (C=O) groups is 3. The number of halogens is 1. The second kappa shape index (κ2) is 6.62. The van der Waals surface area contributed by atoms with E-state index in [1.165, 1.54) is 12.0 Å². The Morgan fingerprint density at radius 3 is 2.73 bits per heavy atom. The number of nitrogens with zero attached hydrogens (tertiary/aromatic N) is 1. The minimum absolute atomic E-state index is 0.139. The van der Waals surface area contributed by atoms with Crippen LogP contribution in [0.4, 0.5) is 5.69 Å². The summed E-state index contributed by atoms with van der Waals surface area (Å²) in [4.78, 5) is 36.8. The van der Waals surface area contributed by atoms with E-state index in [-0.39, 0.29) is 18.7 Å². The molecule has 0 saturated carbocycles. The molecule has 22 heavy (non-hydrogen) atoms. The Hall–Kier alpha value is -2.34. The molecular weight excluding hydrogens is 310 g/mol. The number of hydrogen-bond acceptors (Lipinski definition) is 5. The van der Waals surface area contributed by atoms with Crippen LogP contribution in [0.3, 0.4) is 0 Å². The fraction of sp³-hybridized carbons (Fsp3) is 0.267. The first kappa shape index (κ1) is 16.0. The van der Waals surface area contributed by atoms with Gasteiger partial charge in [0.15, 0.2) is 0 Å². The van der Waals surface area contributed by atoms with Crippen LogP contribution in [-0.2, 0) is 23.9 Å². The number of amides is 1. The van der Waals surface area contributed by atoms with E-state index in [1.54, 1.807) is 25.1 Å². The topological polar surface area (TPSA) is 72.9 Å². The van der Waals surface area contributed by atoms with E-state index < -0.39 is 17.8 Å². The standard InChI is InChI=1S/C15H14ClNO5/c1-3-22-13(18)7-11-10-6-9(16)4-5-12(10)17(15(11)20)8-14(19)21-2/h4-7H,3,8H2,1-2H3/b11-7+. The van der Waals surface area contributed by atoms with Crippen LogP contribution in [0, 0.1) is 0 Å². The zero-order valence-corrected chi connectivity index (χ0v) is 12.8. The molecule has 116 valence electrons. The highest BCUT2D eigenvalue weighted by molar-refractivity contribution is 6.37. The number of hydrogen-bond donors (Lipinski definition) is 0. The molecule has 0 aliphatic carbocycles. The first-order chi connectivity index (χ1) is 10.5. The molecule has 1 aromatic carbocycles. The number of anilines is 1. The number of esters is 2. The molecule has 6 nitrogen and oxygen atoms in total. The molecule has 1 aromatic rings. The van der Waals surface area contributed by atoms with Gasteiger partial charge in [-0.3, -0.25) is 14.5 Å². The van der Waals surface area contributed by atoms with E-state index in [4.69, 9.17) is 16.3 Å². The number of rotatable bonds is 4. The molecule has 0 spiro atoms. The molecule has 0 fully saturated rings. The Morgan fingerprint density at radius 1 is 1.36 bits per heavy atom. The van der Waals surface area contributed by atoms with Gasteiger partial charge in [-0.2, -0.15) is 0 Å². The van der Waals surface area contributed by atoms with Gasteiger partial charge in [-0.25, -0.2) is 4.79 Å². The van der Waals surface area contributed by atoms with Gasteiger partial charge in [0.25, 0.3) is 5.91 Å². The molecular formula is C15H14ClNO5. The van der Waals surface area contributed by atoms with Crippen LogP contribution in [0.1, 0.15) is 12.5 Å². The average molecular weight is 324 g/mol. The molecule has 0 saturated heterocycles. The van der Waals surface area contributed by atoms with Crippen molar-refractivity contribution < 1.29 is 23.9 Å². The van der Waals surface area contributed by atoms with Crippen molar-refractivity contribution >= 4 is 40.7 Å². The second-order valence-corrected chi connectivity index (χ2v) is 4.88. The fourth-order valence-electron chi connectivity index (χ4n) is 2.12. The summed E-state index contributed by atoms with van der Waals surface area (Å²) in [7, 11) is 1.24. The summed E-state index contributed by atoms with van der Waals surface area (Å²) in [5.74, 6) is -1.67. The lowest BCUT2D eigenvalue weighted by atomic mass is 10.1. The smallest absolute Gasteiger partial charge is 0.331 e. The Kier molecular flexibility index (Phi) is 4.82. The Morgan fingerprint density at radius 2 is 2.09 bits per heavy atom. The van der Waals surface area contributed by atoms with E-state index in [2.05, 4.69) is 4.74 Å². The van der Waals surface area contributed by atoms with E-state index >= 15 is 0 Å². The van der Waals surface area contributed by atoms with Crippen LogP contribution >= 0.6 is 11.6 Å². The first-order valence-corrected chi connectivity index (χ1v) is 6.92. The summed E-state index contributed by atoms with van der Waals surface area (Å²) in [5, 5.41) is 0.418. The normalized spacial score (nSPS) is 15.0. The molecule has 1 amide bonds. The number of ether oxygens (including phenoxy) is 2. The molecule has 1 heterocycles. The molecule has 1 aliphatic rings. The zero-order valence-electron chi connectivity index (χ0n) is 12.1. The lowest BCUT2D eigenvalue weighted by Gasteiger charge is -2.15. The van der Waals surface area contributed by atoms with Crippen LogP contribution < -0.4 is 4.90 Å². The summed E-state index contributed by atoms with van der Waals surface area (Å²) in [6, 6.07) is 4.78. The number of carbonyl (C=O) groups excluding carboxylic acids is 3. The maximum atomic E-state index is 12.5. The van der Waals surface area contributed by atoms with E-state index in [0.717, 1.165) is 6.08 Å². The molecule has 0 N–H and O–H groups in total. The molecule has 0 bridgehead atoms. The fourth-order valence-corrected chi connectivity index (χ4v) is 2.29. The quantitative estimate of drug-likeness (QED) is 0.624. The van der Waals surface area contributed by atoms with E-state index in [0.29, 0.717) is 16.3 Å². The second-order valence-electron chi connectivity index (χ2n) is 4.44. The largest absolute Gasteiger partial charge is 0.468 e. The average Bonchev–Trinajstić information content (AvgIpc) is 2.72. The van der Waals surface area contributed by atoms with Crippen LogP contribution in [0.25, 0.3) is 5.57 Å². The Balaban J connectivity index is 2.45. The molecule has 7 heteroatoms. The van der Waals surface area contributed by atoms with Gasteiger partial charge in [-0.15, -0.1) is 0 Å².